The quantitative estimate of drug-likeness (QED) is 0.884. The Morgan fingerprint density at radius 2 is 2.11 bits per heavy atom. The lowest BCUT2D eigenvalue weighted by atomic mass is 9.90. The van der Waals surface area contributed by atoms with Crippen molar-refractivity contribution in [3.05, 3.63) is 34.6 Å². The highest BCUT2D eigenvalue weighted by Crippen LogP contribution is 2.27. The topological polar surface area (TPSA) is 41.3 Å². The molecular formula is C14H21ClFN3. The first-order valence-electron chi connectivity index (χ1n) is 6.65. The molecule has 1 heterocycles. The lowest BCUT2D eigenvalue weighted by Gasteiger charge is -2.43. The SMILES string of the molecule is CC(CN)(Cc1c(F)cccc1Cl)N1CCNCC1. The number of rotatable bonds is 4. The molecule has 5 heteroatoms. The zero-order chi connectivity index (χ0) is 13.9. The maximum absolute atomic E-state index is 13.9. The molecule has 3 N–H and O–H groups in total. The van der Waals surface area contributed by atoms with Crippen molar-refractivity contribution in [2.45, 2.75) is 18.9 Å². The van der Waals surface area contributed by atoms with Crippen molar-refractivity contribution in [2.24, 2.45) is 5.73 Å². The van der Waals surface area contributed by atoms with Gasteiger partial charge in [0.2, 0.25) is 0 Å². The molecule has 0 amide bonds. The summed E-state index contributed by atoms with van der Waals surface area (Å²) in [5, 5.41) is 3.80. The van der Waals surface area contributed by atoms with Crippen molar-refractivity contribution in [2.75, 3.05) is 32.7 Å². The van der Waals surface area contributed by atoms with Crippen molar-refractivity contribution >= 4 is 11.6 Å². The predicted molar refractivity (Wildman–Crippen MR) is 77.0 cm³/mol. The molecule has 1 unspecified atom stereocenters. The van der Waals surface area contributed by atoms with Crippen LogP contribution < -0.4 is 11.1 Å². The van der Waals surface area contributed by atoms with Crippen molar-refractivity contribution < 1.29 is 4.39 Å². The maximum atomic E-state index is 13.9. The van der Waals surface area contributed by atoms with Gasteiger partial charge in [0.15, 0.2) is 0 Å². The van der Waals surface area contributed by atoms with E-state index in [9.17, 15) is 4.39 Å². The van der Waals surface area contributed by atoms with E-state index in [1.807, 2.05) is 0 Å². The van der Waals surface area contributed by atoms with Crippen molar-refractivity contribution in [1.29, 1.82) is 0 Å². The van der Waals surface area contributed by atoms with Gasteiger partial charge in [-0.05, 0) is 25.5 Å². The van der Waals surface area contributed by atoms with Crippen molar-refractivity contribution in [1.82, 2.24) is 10.2 Å². The van der Waals surface area contributed by atoms with Gasteiger partial charge in [-0.1, -0.05) is 17.7 Å². The fourth-order valence-electron chi connectivity index (χ4n) is 2.60. The molecule has 0 bridgehead atoms. The van der Waals surface area contributed by atoms with Crippen LogP contribution in [0.25, 0.3) is 0 Å². The fraction of sp³-hybridized carbons (Fsp3) is 0.571. The van der Waals surface area contributed by atoms with Gasteiger partial charge < -0.3 is 11.1 Å². The fourth-order valence-corrected chi connectivity index (χ4v) is 2.83. The second-order valence-electron chi connectivity index (χ2n) is 5.32. The number of nitrogens with one attached hydrogen (secondary N) is 1. The molecule has 1 aromatic rings. The lowest BCUT2D eigenvalue weighted by Crippen LogP contribution is -2.59. The van der Waals surface area contributed by atoms with Crippen LogP contribution in [0.3, 0.4) is 0 Å². The largest absolute Gasteiger partial charge is 0.329 e. The van der Waals surface area contributed by atoms with E-state index < -0.39 is 0 Å². The summed E-state index contributed by atoms with van der Waals surface area (Å²) in [6.45, 7) is 6.32. The van der Waals surface area contributed by atoms with Crippen LogP contribution in [0.1, 0.15) is 12.5 Å². The average molecular weight is 286 g/mol. The van der Waals surface area contributed by atoms with Crippen LogP contribution in [0.5, 0.6) is 0 Å². The Morgan fingerprint density at radius 3 is 2.68 bits per heavy atom. The summed E-state index contributed by atoms with van der Waals surface area (Å²) in [6.07, 6.45) is 0.537. The minimum absolute atomic E-state index is 0.248. The minimum atomic E-state index is -0.256. The Balaban J connectivity index is 2.22. The summed E-state index contributed by atoms with van der Waals surface area (Å²) in [5.74, 6) is -0.248. The number of piperazine rings is 1. The molecule has 1 atom stereocenters. The van der Waals surface area contributed by atoms with E-state index in [0.717, 1.165) is 26.2 Å². The molecule has 0 aromatic heterocycles. The van der Waals surface area contributed by atoms with Gasteiger partial charge in [-0.25, -0.2) is 4.39 Å². The maximum Gasteiger partial charge on any atom is 0.127 e. The Hall–Kier alpha value is -0.680. The van der Waals surface area contributed by atoms with E-state index in [1.165, 1.54) is 6.07 Å². The molecule has 2 rings (SSSR count). The molecule has 1 aliphatic rings. The Morgan fingerprint density at radius 1 is 1.42 bits per heavy atom. The van der Waals surface area contributed by atoms with Gasteiger partial charge >= 0.3 is 0 Å². The molecule has 0 radical (unpaired) electrons. The first-order valence-corrected chi connectivity index (χ1v) is 7.03. The first kappa shape index (κ1) is 14.7. The van der Waals surface area contributed by atoms with Gasteiger partial charge in [0.05, 0.1) is 0 Å². The molecule has 0 spiro atoms. The highest BCUT2D eigenvalue weighted by molar-refractivity contribution is 6.31. The average Bonchev–Trinajstić information content (AvgIpc) is 2.44. The zero-order valence-electron chi connectivity index (χ0n) is 11.3. The third kappa shape index (κ3) is 3.26. The highest BCUT2D eigenvalue weighted by atomic mass is 35.5. The highest BCUT2D eigenvalue weighted by Gasteiger charge is 2.33. The first-order chi connectivity index (χ1) is 9.07. The molecule has 106 valence electrons. The standard InChI is InChI=1S/C14H21ClFN3/c1-14(10-17,19-7-5-18-6-8-19)9-11-12(15)3-2-4-13(11)16/h2-4,18H,5-10,17H2,1H3. The van der Waals surface area contributed by atoms with Gasteiger partial charge in [-0.2, -0.15) is 0 Å². The Kier molecular flexibility index (Phi) is 4.79. The van der Waals surface area contributed by atoms with Crippen LogP contribution in [0.15, 0.2) is 18.2 Å². The molecule has 1 fully saturated rings. The van der Waals surface area contributed by atoms with Gasteiger partial charge in [0.1, 0.15) is 5.82 Å². The number of hydrogen-bond acceptors (Lipinski definition) is 3. The second-order valence-corrected chi connectivity index (χ2v) is 5.72. The smallest absolute Gasteiger partial charge is 0.127 e. The van der Waals surface area contributed by atoms with Gasteiger partial charge in [-0.15, -0.1) is 0 Å². The molecule has 3 nitrogen and oxygen atoms in total. The summed E-state index contributed by atoms with van der Waals surface area (Å²) in [7, 11) is 0. The van der Waals surface area contributed by atoms with Crippen molar-refractivity contribution in [3.8, 4) is 0 Å². The molecule has 0 saturated carbocycles. The number of nitrogens with zero attached hydrogens (tertiary/aromatic N) is 1. The molecule has 1 saturated heterocycles. The normalized spacial score (nSPS) is 20.2. The van der Waals surface area contributed by atoms with Gasteiger partial charge in [-0.3, -0.25) is 4.90 Å². The van der Waals surface area contributed by atoms with E-state index in [4.69, 9.17) is 17.3 Å². The molecule has 1 aromatic carbocycles. The lowest BCUT2D eigenvalue weighted by molar-refractivity contribution is 0.0938. The molecule has 1 aliphatic heterocycles. The van der Waals surface area contributed by atoms with Crippen LogP contribution in [-0.2, 0) is 6.42 Å². The summed E-state index contributed by atoms with van der Waals surface area (Å²) in [5.41, 5.74) is 6.27. The number of benzene rings is 1. The van der Waals surface area contributed by atoms with Crippen molar-refractivity contribution in [3.63, 3.8) is 0 Å². The third-order valence-corrected chi connectivity index (χ3v) is 4.29. The number of hydrogen-bond donors (Lipinski definition) is 2. The predicted octanol–water partition coefficient (Wildman–Crippen LogP) is 1.64. The second kappa shape index (κ2) is 6.18. The van der Waals surface area contributed by atoms with Crippen LogP contribution in [0.2, 0.25) is 5.02 Å². The Labute approximate surface area is 118 Å². The van der Waals surface area contributed by atoms with Crippen LogP contribution >= 0.6 is 11.6 Å². The minimum Gasteiger partial charge on any atom is -0.329 e. The Bertz CT molecular complexity index is 414. The van der Waals surface area contributed by atoms with E-state index in [2.05, 4.69) is 17.1 Å². The third-order valence-electron chi connectivity index (χ3n) is 3.94. The van der Waals surface area contributed by atoms with Crippen LogP contribution in [0, 0.1) is 5.82 Å². The molecule has 0 aliphatic carbocycles. The van der Waals surface area contributed by atoms with E-state index in [-0.39, 0.29) is 11.4 Å². The zero-order valence-corrected chi connectivity index (χ0v) is 12.0. The van der Waals surface area contributed by atoms with E-state index >= 15 is 0 Å². The summed E-state index contributed by atoms with van der Waals surface area (Å²) in [4.78, 5) is 2.33. The summed E-state index contributed by atoms with van der Waals surface area (Å²) >= 11 is 6.12. The van der Waals surface area contributed by atoms with E-state index in [0.29, 0.717) is 23.6 Å². The van der Waals surface area contributed by atoms with Gasteiger partial charge in [0.25, 0.3) is 0 Å². The van der Waals surface area contributed by atoms with Crippen LogP contribution in [0.4, 0.5) is 4.39 Å². The summed E-state index contributed by atoms with van der Waals surface area (Å²) in [6, 6.07) is 4.82. The van der Waals surface area contributed by atoms with Crippen LogP contribution in [-0.4, -0.2) is 43.2 Å². The number of halogens is 2. The van der Waals surface area contributed by atoms with E-state index in [1.54, 1.807) is 12.1 Å². The van der Waals surface area contributed by atoms with Gasteiger partial charge in [0, 0.05) is 48.8 Å². The summed E-state index contributed by atoms with van der Waals surface area (Å²) < 4.78 is 13.9. The monoisotopic (exact) mass is 285 g/mol. The molecule has 19 heavy (non-hydrogen) atoms. The number of nitrogens with two attached hydrogens (primary N) is 1. The molecular weight excluding hydrogens is 265 g/mol.